The second kappa shape index (κ2) is 9.96. The van der Waals surface area contributed by atoms with Crippen molar-refractivity contribution < 1.29 is 28.6 Å². The van der Waals surface area contributed by atoms with Crippen molar-refractivity contribution in [2.24, 2.45) is 0 Å². The van der Waals surface area contributed by atoms with Gasteiger partial charge in [-0.1, -0.05) is 13.8 Å². The molecule has 7 heteroatoms. The first kappa shape index (κ1) is 25.5. The molecule has 1 aromatic rings. The van der Waals surface area contributed by atoms with Gasteiger partial charge in [-0.25, -0.2) is 4.79 Å². The molecule has 30 heavy (non-hydrogen) atoms. The zero-order chi connectivity index (χ0) is 23.3. The highest BCUT2D eigenvalue weighted by molar-refractivity contribution is 6.04. The Labute approximate surface area is 179 Å². The molecule has 7 nitrogen and oxygen atoms in total. The second-order valence-corrected chi connectivity index (χ2v) is 8.39. The van der Waals surface area contributed by atoms with Crippen molar-refractivity contribution in [1.29, 1.82) is 0 Å². The average Bonchev–Trinajstić information content (AvgIpc) is 2.64. The minimum absolute atomic E-state index is 0.188. The number of hydrogen-bond donors (Lipinski definition) is 0. The molecule has 0 N–H and O–H groups in total. The Hall–Kier alpha value is -2.57. The molecule has 1 amide bonds. The van der Waals surface area contributed by atoms with Crippen LogP contribution in [0.3, 0.4) is 0 Å². The van der Waals surface area contributed by atoms with E-state index in [1.54, 1.807) is 37.8 Å². The average molecular weight is 422 g/mol. The lowest BCUT2D eigenvalue weighted by molar-refractivity contribution is -0.155. The van der Waals surface area contributed by atoms with Crippen molar-refractivity contribution >= 4 is 23.5 Å². The van der Waals surface area contributed by atoms with Crippen LogP contribution >= 0.6 is 0 Å². The number of hydrogen-bond acceptors (Lipinski definition) is 6. The number of carbonyl (C=O) groups excluding carboxylic acids is 3. The molecule has 0 radical (unpaired) electrons. The zero-order valence-corrected chi connectivity index (χ0v) is 19.7. The molecule has 0 spiro atoms. The van der Waals surface area contributed by atoms with E-state index in [1.807, 2.05) is 34.6 Å². The number of methoxy groups -OCH3 is 1. The van der Waals surface area contributed by atoms with Crippen LogP contribution in [-0.4, -0.2) is 42.7 Å². The molecule has 0 saturated heterocycles. The second-order valence-electron chi connectivity index (χ2n) is 8.39. The van der Waals surface area contributed by atoms with Crippen LogP contribution < -0.4 is 9.64 Å². The Morgan fingerprint density at radius 1 is 1.17 bits per heavy atom. The largest absolute Gasteiger partial charge is 0.476 e. The van der Waals surface area contributed by atoms with Crippen LogP contribution in [0.15, 0.2) is 12.1 Å². The van der Waals surface area contributed by atoms with Crippen LogP contribution in [0.2, 0.25) is 0 Å². The van der Waals surface area contributed by atoms with Crippen LogP contribution in [0.25, 0.3) is 0 Å². The molecule has 0 aliphatic carbocycles. The Balaban J connectivity index is 0.00000218. The van der Waals surface area contributed by atoms with Gasteiger partial charge in [-0.15, -0.1) is 0 Å². The van der Waals surface area contributed by atoms with Crippen LogP contribution in [0.1, 0.15) is 77.2 Å². The van der Waals surface area contributed by atoms with Gasteiger partial charge in [-0.05, 0) is 65.7 Å². The Morgan fingerprint density at radius 2 is 1.77 bits per heavy atom. The molecular formula is C23H35NO6. The number of aryl methyl sites for hydroxylation is 1. The number of esters is 2. The van der Waals surface area contributed by atoms with E-state index >= 15 is 0 Å². The van der Waals surface area contributed by atoms with Gasteiger partial charge in [0.05, 0.1) is 18.4 Å². The minimum atomic E-state index is -1.04. The van der Waals surface area contributed by atoms with Crippen LogP contribution in [0.5, 0.6) is 5.75 Å². The molecule has 0 bridgehead atoms. The lowest BCUT2D eigenvalue weighted by Gasteiger charge is -2.39. The molecule has 0 saturated carbocycles. The SMILES string of the molecule is CC.COC(=O)c1cc2c(cc1C)OC(C)(C)C(=O)N2CCCC(=O)OC(C)(C)C. The predicted molar refractivity (Wildman–Crippen MR) is 116 cm³/mol. The fourth-order valence-electron chi connectivity index (χ4n) is 3.04. The van der Waals surface area contributed by atoms with Gasteiger partial charge >= 0.3 is 11.9 Å². The summed E-state index contributed by atoms with van der Waals surface area (Å²) in [6, 6.07) is 3.34. The number of amides is 1. The summed E-state index contributed by atoms with van der Waals surface area (Å²) in [5, 5.41) is 0. The van der Waals surface area contributed by atoms with Crippen molar-refractivity contribution in [3.05, 3.63) is 23.3 Å². The number of benzene rings is 1. The maximum atomic E-state index is 12.9. The van der Waals surface area contributed by atoms with E-state index < -0.39 is 17.2 Å². The number of anilines is 1. The Morgan fingerprint density at radius 3 is 2.30 bits per heavy atom. The van der Waals surface area contributed by atoms with Gasteiger partial charge in [0.15, 0.2) is 5.60 Å². The standard InChI is InChI=1S/C21H29NO6.C2H6/c1-13-11-16-15(12-14(13)18(24)26-7)22(19(25)21(5,6)27-16)10-8-9-17(23)28-20(2,3)4;1-2/h11-12H,8-10H2,1-7H3;1-2H3. The quantitative estimate of drug-likeness (QED) is 0.654. The van der Waals surface area contributed by atoms with Crippen molar-refractivity contribution in [3.63, 3.8) is 0 Å². The monoisotopic (exact) mass is 421 g/mol. The van der Waals surface area contributed by atoms with E-state index in [2.05, 4.69) is 0 Å². The fourth-order valence-corrected chi connectivity index (χ4v) is 3.04. The lowest BCUT2D eigenvalue weighted by Crippen LogP contribution is -2.53. The van der Waals surface area contributed by atoms with Crippen molar-refractivity contribution in [2.75, 3.05) is 18.6 Å². The summed E-state index contributed by atoms with van der Waals surface area (Å²) in [4.78, 5) is 38.5. The van der Waals surface area contributed by atoms with E-state index in [9.17, 15) is 14.4 Å². The van der Waals surface area contributed by atoms with Gasteiger partial charge in [-0.2, -0.15) is 0 Å². The molecule has 0 unspecified atom stereocenters. The number of rotatable bonds is 5. The van der Waals surface area contributed by atoms with Gasteiger partial charge in [0, 0.05) is 13.0 Å². The van der Waals surface area contributed by atoms with Crippen LogP contribution in [-0.2, 0) is 19.1 Å². The molecule has 0 atom stereocenters. The molecule has 1 heterocycles. The molecule has 1 aliphatic heterocycles. The third-order valence-corrected chi connectivity index (χ3v) is 4.31. The summed E-state index contributed by atoms with van der Waals surface area (Å²) in [5.41, 5.74) is -0.0237. The number of nitrogens with zero attached hydrogens (tertiary/aromatic N) is 1. The maximum absolute atomic E-state index is 12.9. The van der Waals surface area contributed by atoms with E-state index in [-0.39, 0.29) is 18.3 Å². The highest BCUT2D eigenvalue weighted by Crippen LogP contribution is 2.40. The summed E-state index contributed by atoms with van der Waals surface area (Å²) in [5.74, 6) is -0.506. The summed E-state index contributed by atoms with van der Waals surface area (Å²) >= 11 is 0. The van der Waals surface area contributed by atoms with Crippen LogP contribution in [0.4, 0.5) is 5.69 Å². The summed E-state index contributed by atoms with van der Waals surface area (Å²) < 4.78 is 16.0. The smallest absolute Gasteiger partial charge is 0.338 e. The third kappa shape index (κ3) is 6.21. The first-order valence-corrected chi connectivity index (χ1v) is 10.3. The van der Waals surface area contributed by atoms with Gasteiger partial charge < -0.3 is 19.1 Å². The van der Waals surface area contributed by atoms with E-state index in [4.69, 9.17) is 14.2 Å². The summed E-state index contributed by atoms with van der Waals surface area (Å²) in [7, 11) is 1.31. The Kier molecular flexibility index (Phi) is 8.45. The maximum Gasteiger partial charge on any atom is 0.338 e. The van der Waals surface area contributed by atoms with E-state index in [0.29, 0.717) is 35.5 Å². The molecule has 1 aliphatic rings. The van der Waals surface area contributed by atoms with Crippen molar-refractivity contribution in [1.82, 2.24) is 0 Å². The predicted octanol–water partition coefficient (Wildman–Crippen LogP) is 4.43. The molecule has 0 fully saturated rings. The molecule has 0 aromatic heterocycles. The van der Waals surface area contributed by atoms with Gasteiger partial charge in [0.2, 0.25) is 0 Å². The van der Waals surface area contributed by atoms with Gasteiger partial charge in [0.1, 0.15) is 11.4 Å². The van der Waals surface area contributed by atoms with E-state index in [0.717, 1.165) is 0 Å². The van der Waals surface area contributed by atoms with Crippen molar-refractivity contribution in [2.45, 2.75) is 79.4 Å². The number of carbonyl (C=O) groups is 3. The minimum Gasteiger partial charge on any atom is -0.476 e. The Bertz CT molecular complexity index is 792. The first-order valence-electron chi connectivity index (χ1n) is 10.3. The van der Waals surface area contributed by atoms with Crippen LogP contribution in [0, 0.1) is 6.92 Å². The molecule has 2 rings (SSSR count). The zero-order valence-electron chi connectivity index (χ0n) is 19.7. The normalized spacial score (nSPS) is 14.7. The molecule has 168 valence electrons. The fraction of sp³-hybridized carbons (Fsp3) is 0.609. The third-order valence-electron chi connectivity index (χ3n) is 4.31. The number of ether oxygens (including phenoxy) is 3. The number of fused-ring (bicyclic) bond motifs is 1. The summed E-state index contributed by atoms with van der Waals surface area (Å²) in [6.07, 6.45) is 0.616. The first-order chi connectivity index (χ1) is 13.9. The van der Waals surface area contributed by atoms with Gasteiger partial charge in [-0.3, -0.25) is 9.59 Å². The highest BCUT2D eigenvalue weighted by atomic mass is 16.6. The van der Waals surface area contributed by atoms with Gasteiger partial charge in [0.25, 0.3) is 5.91 Å². The summed E-state index contributed by atoms with van der Waals surface area (Å²) in [6.45, 7) is 14.9. The topological polar surface area (TPSA) is 82.1 Å². The molecule has 1 aromatic carbocycles. The molecular weight excluding hydrogens is 386 g/mol. The van der Waals surface area contributed by atoms with Crippen molar-refractivity contribution in [3.8, 4) is 5.75 Å². The lowest BCUT2D eigenvalue weighted by atomic mass is 10.00. The van der Waals surface area contributed by atoms with E-state index in [1.165, 1.54) is 7.11 Å². The highest BCUT2D eigenvalue weighted by Gasteiger charge is 2.41.